The molecule has 0 saturated heterocycles. The zero-order valence-corrected chi connectivity index (χ0v) is 11.2. The van der Waals surface area contributed by atoms with Gasteiger partial charge in [0.15, 0.2) is 0 Å². The van der Waals surface area contributed by atoms with Crippen LogP contribution in [-0.4, -0.2) is 19.0 Å². The largest absolute Gasteiger partial charge is 0.381 e. The lowest BCUT2D eigenvalue weighted by Gasteiger charge is -2.36. The summed E-state index contributed by atoms with van der Waals surface area (Å²) in [6.07, 6.45) is 5.05. The van der Waals surface area contributed by atoms with Crippen LogP contribution in [0.1, 0.15) is 47.0 Å². The number of allylic oxidation sites excluding steroid dienone is 1. The molecule has 92 valence electrons. The van der Waals surface area contributed by atoms with Gasteiger partial charge in [-0.05, 0) is 25.2 Å². The molecule has 0 bridgehead atoms. The van der Waals surface area contributed by atoms with Gasteiger partial charge in [0.1, 0.15) is 5.78 Å². The monoisotopic (exact) mass is 224 g/mol. The van der Waals surface area contributed by atoms with E-state index < -0.39 is 0 Å². The first-order valence-corrected chi connectivity index (χ1v) is 6.14. The molecular formula is C14H24O2. The van der Waals surface area contributed by atoms with Gasteiger partial charge in [-0.3, -0.25) is 4.79 Å². The van der Waals surface area contributed by atoms with Crippen molar-refractivity contribution >= 4 is 5.78 Å². The van der Waals surface area contributed by atoms with Crippen molar-refractivity contribution in [2.45, 2.75) is 53.1 Å². The number of Topliss-reactive ketones (excluding diaryl/α,β-unsaturated/α-hetero) is 1. The normalized spacial score (nSPS) is 29.4. The molecule has 0 heterocycles. The molecular weight excluding hydrogens is 200 g/mol. The zero-order chi connectivity index (χ0) is 12.3. The van der Waals surface area contributed by atoms with Gasteiger partial charge in [0.05, 0.1) is 6.10 Å². The third-order valence-corrected chi connectivity index (χ3v) is 3.80. The van der Waals surface area contributed by atoms with Crippen molar-refractivity contribution in [3.63, 3.8) is 0 Å². The van der Waals surface area contributed by atoms with Crippen LogP contribution in [-0.2, 0) is 9.53 Å². The molecule has 1 saturated carbocycles. The molecule has 1 fully saturated rings. The Morgan fingerprint density at radius 3 is 2.75 bits per heavy atom. The van der Waals surface area contributed by atoms with Gasteiger partial charge in [-0.25, -0.2) is 0 Å². The zero-order valence-electron chi connectivity index (χ0n) is 11.2. The summed E-state index contributed by atoms with van der Waals surface area (Å²) >= 11 is 0. The molecule has 1 aliphatic rings. The summed E-state index contributed by atoms with van der Waals surface area (Å²) in [7, 11) is 1.73. The van der Waals surface area contributed by atoms with Crippen LogP contribution in [0.2, 0.25) is 0 Å². The summed E-state index contributed by atoms with van der Waals surface area (Å²) in [5.74, 6) is 0.475. The molecule has 2 nitrogen and oxygen atoms in total. The molecule has 0 aromatic carbocycles. The Labute approximate surface area is 99.1 Å². The average molecular weight is 224 g/mol. The van der Waals surface area contributed by atoms with Crippen molar-refractivity contribution < 1.29 is 9.53 Å². The molecule has 0 spiro atoms. The fourth-order valence-corrected chi connectivity index (χ4v) is 2.40. The molecule has 2 unspecified atom stereocenters. The first kappa shape index (κ1) is 13.4. The van der Waals surface area contributed by atoms with Crippen molar-refractivity contribution in [2.24, 2.45) is 11.3 Å². The van der Waals surface area contributed by atoms with E-state index in [1.54, 1.807) is 7.11 Å². The summed E-state index contributed by atoms with van der Waals surface area (Å²) < 4.78 is 5.24. The maximum absolute atomic E-state index is 11.7. The number of rotatable bonds is 3. The van der Waals surface area contributed by atoms with E-state index in [-0.39, 0.29) is 17.4 Å². The predicted octanol–water partition coefficient (Wildman–Crippen LogP) is 3.36. The molecule has 0 radical (unpaired) electrons. The second-order valence-electron chi connectivity index (χ2n) is 5.51. The SMILES string of the molecule is COC(C)C/C=C1\C(C)C(=O)CCC1(C)C. The van der Waals surface area contributed by atoms with E-state index >= 15 is 0 Å². The molecule has 2 atom stereocenters. The Hall–Kier alpha value is -0.630. The fourth-order valence-electron chi connectivity index (χ4n) is 2.40. The molecule has 0 aliphatic heterocycles. The fraction of sp³-hybridized carbons (Fsp3) is 0.786. The number of hydrogen-bond acceptors (Lipinski definition) is 2. The number of ketones is 1. The van der Waals surface area contributed by atoms with Gasteiger partial charge in [0.2, 0.25) is 0 Å². The molecule has 2 heteroatoms. The van der Waals surface area contributed by atoms with Crippen LogP contribution in [0.5, 0.6) is 0 Å². The second-order valence-corrected chi connectivity index (χ2v) is 5.51. The maximum atomic E-state index is 11.7. The van der Waals surface area contributed by atoms with Gasteiger partial charge in [0, 0.05) is 19.4 Å². The van der Waals surface area contributed by atoms with Crippen molar-refractivity contribution in [1.29, 1.82) is 0 Å². The van der Waals surface area contributed by atoms with Crippen LogP contribution < -0.4 is 0 Å². The van der Waals surface area contributed by atoms with E-state index in [0.29, 0.717) is 5.78 Å². The standard InChI is InChI=1S/C14H24O2/c1-10(16-5)6-7-12-11(2)13(15)8-9-14(12,3)4/h7,10-11H,6,8-9H2,1-5H3/b12-7+. The van der Waals surface area contributed by atoms with Crippen LogP contribution in [0, 0.1) is 11.3 Å². The first-order valence-electron chi connectivity index (χ1n) is 6.14. The second kappa shape index (κ2) is 5.13. The Morgan fingerprint density at radius 1 is 1.56 bits per heavy atom. The summed E-state index contributed by atoms with van der Waals surface area (Å²) in [5.41, 5.74) is 1.47. The first-order chi connectivity index (χ1) is 7.38. The average Bonchev–Trinajstić information content (AvgIpc) is 2.23. The highest BCUT2D eigenvalue weighted by molar-refractivity contribution is 5.85. The topological polar surface area (TPSA) is 26.3 Å². The maximum Gasteiger partial charge on any atom is 0.139 e. The van der Waals surface area contributed by atoms with Crippen LogP contribution in [0.15, 0.2) is 11.6 Å². The van der Waals surface area contributed by atoms with Gasteiger partial charge in [-0.2, -0.15) is 0 Å². The van der Waals surface area contributed by atoms with Crippen molar-refractivity contribution in [3.05, 3.63) is 11.6 Å². The van der Waals surface area contributed by atoms with E-state index in [9.17, 15) is 4.79 Å². The molecule has 16 heavy (non-hydrogen) atoms. The van der Waals surface area contributed by atoms with Gasteiger partial charge in [-0.15, -0.1) is 0 Å². The van der Waals surface area contributed by atoms with E-state index in [1.807, 2.05) is 6.92 Å². The quantitative estimate of drug-likeness (QED) is 0.687. The van der Waals surface area contributed by atoms with E-state index in [1.165, 1.54) is 5.57 Å². The minimum absolute atomic E-state index is 0.0906. The Bertz CT molecular complexity index is 289. The van der Waals surface area contributed by atoms with Gasteiger partial charge >= 0.3 is 0 Å². The number of carbonyl (C=O) groups excluding carboxylic acids is 1. The molecule has 0 N–H and O–H groups in total. The van der Waals surface area contributed by atoms with Crippen molar-refractivity contribution in [2.75, 3.05) is 7.11 Å². The Balaban J connectivity index is 2.83. The van der Waals surface area contributed by atoms with Crippen LogP contribution in [0.4, 0.5) is 0 Å². The number of hydrogen-bond donors (Lipinski definition) is 0. The van der Waals surface area contributed by atoms with E-state index in [4.69, 9.17) is 4.74 Å². The number of methoxy groups -OCH3 is 1. The molecule has 1 aliphatic carbocycles. The summed E-state index contributed by atoms with van der Waals surface area (Å²) in [6, 6.07) is 0. The third kappa shape index (κ3) is 2.94. The van der Waals surface area contributed by atoms with E-state index in [2.05, 4.69) is 26.8 Å². The highest BCUT2D eigenvalue weighted by atomic mass is 16.5. The molecule has 1 rings (SSSR count). The summed E-state index contributed by atoms with van der Waals surface area (Å²) in [5, 5.41) is 0. The summed E-state index contributed by atoms with van der Waals surface area (Å²) in [4.78, 5) is 11.7. The smallest absolute Gasteiger partial charge is 0.139 e. The van der Waals surface area contributed by atoms with Gasteiger partial charge < -0.3 is 4.74 Å². The van der Waals surface area contributed by atoms with Gasteiger partial charge in [0.25, 0.3) is 0 Å². The third-order valence-electron chi connectivity index (χ3n) is 3.80. The Morgan fingerprint density at radius 2 is 2.19 bits per heavy atom. The van der Waals surface area contributed by atoms with E-state index in [0.717, 1.165) is 19.3 Å². The lowest BCUT2D eigenvalue weighted by atomic mass is 9.67. The molecule has 0 aromatic heterocycles. The number of carbonyl (C=O) groups is 1. The van der Waals surface area contributed by atoms with Crippen molar-refractivity contribution in [1.82, 2.24) is 0 Å². The van der Waals surface area contributed by atoms with Crippen LogP contribution in [0.25, 0.3) is 0 Å². The lowest BCUT2D eigenvalue weighted by Crippen LogP contribution is -2.31. The highest BCUT2D eigenvalue weighted by Crippen LogP contribution is 2.42. The summed E-state index contributed by atoms with van der Waals surface area (Å²) in [6.45, 7) is 8.56. The van der Waals surface area contributed by atoms with Crippen LogP contribution >= 0.6 is 0 Å². The number of ether oxygens (including phenoxy) is 1. The predicted molar refractivity (Wildman–Crippen MR) is 66.4 cm³/mol. The molecule has 0 aromatic rings. The lowest BCUT2D eigenvalue weighted by molar-refractivity contribution is -0.123. The van der Waals surface area contributed by atoms with Crippen LogP contribution in [0.3, 0.4) is 0 Å². The minimum atomic E-state index is 0.0906. The van der Waals surface area contributed by atoms with Crippen molar-refractivity contribution in [3.8, 4) is 0 Å². The minimum Gasteiger partial charge on any atom is -0.381 e. The van der Waals surface area contributed by atoms with Gasteiger partial charge in [-0.1, -0.05) is 32.4 Å². The molecule has 0 amide bonds. The highest BCUT2D eigenvalue weighted by Gasteiger charge is 2.35. The Kier molecular flexibility index (Phi) is 4.31.